The average molecular weight is 366 g/mol. The molecule has 0 atom stereocenters. The fraction of sp³-hybridized carbons (Fsp3) is 0.312. The number of pyridine rings is 1. The molecule has 0 spiro atoms. The van der Waals surface area contributed by atoms with Crippen molar-refractivity contribution < 1.29 is 13.6 Å². The zero-order chi connectivity index (χ0) is 18.3. The van der Waals surface area contributed by atoms with Crippen LogP contribution in [0.1, 0.15) is 11.3 Å². The van der Waals surface area contributed by atoms with Gasteiger partial charge in [0.2, 0.25) is 5.91 Å². The van der Waals surface area contributed by atoms with E-state index in [9.17, 15) is 18.4 Å². The third kappa shape index (κ3) is 3.07. The third-order valence-corrected chi connectivity index (χ3v) is 4.87. The highest BCUT2D eigenvalue weighted by Crippen LogP contribution is 2.32. The number of halogens is 2. The van der Waals surface area contributed by atoms with Gasteiger partial charge in [-0.1, -0.05) is 0 Å². The van der Waals surface area contributed by atoms with Crippen molar-refractivity contribution in [3.05, 3.63) is 39.1 Å². The summed E-state index contributed by atoms with van der Waals surface area (Å²) in [6, 6.07) is 3.11. The molecule has 0 aliphatic carbocycles. The molecule has 6 nitrogen and oxygen atoms in total. The highest BCUT2D eigenvalue weighted by Gasteiger charge is 2.17. The van der Waals surface area contributed by atoms with E-state index < -0.39 is 6.43 Å². The minimum Gasteiger partial charge on any atom is -0.347 e. The summed E-state index contributed by atoms with van der Waals surface area (Å²) >= 11 is 0.973. The first-order valence-corrected chi connectivity index (χ1v) is 8.30. The van der Waals surface area contributed by atoms with Crippen molar-refractivity contribution in [3.63, 3.8) is 0 Å². The van der Waals surface area contributed by atoms with Gasteiger partial charge in [-0.3, -0.25) is 13.9 Å². The molecule has 25 heavy (non-hydrogen) atoms. The number of carbonyl (C=O) groups excluding carboxylic acids is 1. The Labute approximate surface area is 145 Å². The van der Waals surface area contributed by atoms with Crippen molar-refractivity contribution in [2.45, 2.75) is 13.0 Å². The summed E-state index contributed by atoms with van der Waals surface area (Å²) in [6.07, 6.45) is -0.986. The summed E-state index contributed by atoms with van der Waals surface area (Å²) in [5.41, 5.74) is 1.80. The zero-order valence-corrected chi connectivity index (χ0v) is 14.7. The van der Waals surface area contributed by atoms with Gasteiger partial charge >= 0.3 is 5.69 Å². The van der Waals surface area contributed by atoms with Crippen LogP contribution in [0.25, 0.3) is 22.3 Å². The molecule has 0 aliphatic rings. The first kappa shape index (κ1) is 17.3. The van der Waals surface area contributed by atoms with Crippen LogP contribution in [0.15, 0.2) is 28.5 Å². The summed E-state index contributed by atoms with van der Waals surface area (Å²) in [4.78, 5) is 30.1. The molecule has 3 aromatic rings. The molecule has 132 valence electrons. The van der Waals surface area contributed by atoms with E-state index >= 15 is 0 Å². The van der Waals surface area contributed by atoms with Gasteiger partial charge in [-0.25, -0.2) is 18.6 Å². The largest absolute Gasteiger partial charge is 0.347 e. The van der Waals surface area contributed by atoms with E-state index in [1.54, 1.807) is 32.6 Å². The number of hydrogen-bond acceptors (Lipinski definition) is 4. The van der Waals surface area contributed by atoms with Gasteiger partial charge in [-0.2, -0.15) is 0 Å². The molecule has 3 aromatic heterocycles. The van der Waals surface area contributed by atoms with Crippen LogP contribution in [-0.4, -0.2) is 39.0 Å². The van der Waals surface area contributed by atoms with Gasteiger partial charge in [0.25, 0.3) is 6.43 Å². The second kappa shape index (κ2) is 6.40. The highest BCUT2D eigenvalue weighted by molar-refractivity contribution is 7.10. The SMILES string of the molecule is CN(C)C(=O)Cn1c(=O)n(C)c2ncc(-c3csc(C(F)F)c3)cc21. The topological polar surface area (TPSA) is 60.1 Å². The standard InChI is InChI=1S/C16H16F2N4O2S/c1-20(2)13(23)7-22-11-4-9(6-19-15(11)21(3)16(22)24)10-5-12(14(17)18)25-8-10/h4-6,8,14H,7H2,1-3H3. The van der Waals surface area contributed by atoms with Crippen LogP contribution in [0.3, 0.4) is 0 Å². The van der Waals surface area contributed by atoms with Crippen molar-refractivity contribution in [3.8, 4) is 11.1 Å². The van der Waals surface area contributed by atoms with E-state index in [1.807, 2.05) is 0 Å². The first-order valence-electron chi connectivity index (χ1n) is 7.42. The van der Waals surface area contributed by atoms with Gasteiger partial charge in [0, 0.05) is 32.9 Å². The monoisotopic (exact) mass is 366 g/mol. The summed E-state index contributed by atoms with van der Waals surface area (Å²) in [6.45, 7) is -0.111. The number of imidazole rings is 1. The molecule has 0 saturated heterocycles. The minimum atomic E-state index is -2.52. The number of aromatic nitrogens is 3. The first-order chi connectivity index (χ1) is 11.8. The van der Waals surface area contributed by atoms with Crippen LogP contribution in [0.4, 0.5) is 8.78 Å². The minimum absolute atomic E-state index is 0.0247. The number of thiophene rings is 1. The second-order valence-electron chi connectivity index (χ2n) is 5.82. The smallest absolute Gasteiger partial charge is 0.330 e. The number of nitrogens with zero attached hydrogens (tertiary/aromatic N) is 4. The molecule has 1 amide bonds. The molecule has 0 fully saturated rings. The Balaban J connectivity index is 2.12. The zero-order valence-electron chi connectivity index (χ0n) is 13.9. The van der Waals surface area contributed by atoms with Crippen molar-refractivity contribution in [2.24, 2.45) is 7.05 Å². The Kier molecular flexibility index (Phi) is 4.42. The summed E-state index contributed by atoms with van der Waals surface area (Å²) < 4.78 is 28.3. The quantitative estimate of drug-likeness (QED) is 0.713. The van der Waals surface area contributed by atoms with Gasteiger partial charge in [0.15, 0.2) is 5.65 Å². The van der Waals surface area contributed by atoms with Crippen LogP contribution >= 0.6 is 11.3 Å². The number of fused-ring (bicyclic) bond motifs is 1. The molecular formula is C16H16F2N4O2S. The fourth-order valence-corrected chi connectivity index (χ4v) is 3.25. The molecule has 0 unspecified atom stereocenters. The van der Waals surface area contributed by atoms with Crippen LogP contribution in [0.5, 0.6) is 0 Å². The fourth-order valence-electron chi connectivity index (χ4n) is 2.48. The number of aryl methyl sites for hydroxylation is 1. The Morgan fingerprint density at radius 3 is 2.64 bits per heavy atom. The summed E-state index contributed by atoms with van der Waals surface area (Å²) in [5.74, 6) is -0.226. The molecule has 3 heterocycles. The lowest BCUT2D eigenvalue weighted by molar-refractivity contribution is -0.129. The second-order valence-corrected chi connectivity index (χ2v) is 6.76. The van der Waals surface area contributed by atoms with Crippen molar-refractivity contribution in [1.29, 1.82) is 0 Å². The van der Waals surface area contributed by atoms with E-state index in [0.717, 1.165) is 11.3 Å². The van der Waals surface area contributed by atoms with Crippen LogP contribution in [0.2, 0.25) is 0 Å². The van der Waals surface area contributed by atoms with E-state index in [-0.39, 0.29) is 23.0 Å². The molecule has 0 radical (unpaired) electrons. The molecule has 3 rings (SSSR count). The van der Waals surface area contributed by atoms with Gasteiger partial charge in [0.05, 0.1) is 10.4 Å². The van der Waals surface area contributed by atoms with Crippen LogP contribution < -0.4 is 5.69 Å². The maximum Gasteiger partial charge on any atom is 0.330 e. The predicted octanol–water partition coefficient (Wildman–Crippen LogP) is 2.49. The molecule has 0 aromatic carbocycles. The molecule has 0 bridgehead atoms. The normalized spacial score (nSPS) is 11.4. The average Bonchev–Trinajstić information content (AvgIpc) is 3.15. The van der Waals surface area contributed by atoms with Gasteiger partial charge in [-0.05, 0) is 23.1 Å². The Bertz CT molecular complexity index is 1000. The van der Waals surface area contributed by atoms with Crippen molar-refractivity contribution >= 4 is 28.4 Å². The number of hydrogen-bond donors (Lipinski definition) is 0. The maximum atomic E-state index is 12.8. The molecule has 9 heteroatoms. The van der Waals surface area contributed by atoms with Crippen molar-refractivity contribution in [2.75, 3.05) is 14.1 Å². The van der Waals surface area contributed by atoms with Gasteiger partial charge < -0.3 is 4.90 Å². The number of carbonyl (C=O) groups is 1. The third-order valence-electron chi connectivity index (χ3n) is 3.93. The maximum absolute atomic E-state index is 12.8. The Morgan fingerprint density at radius 2 is 2.04 bits per heavy atom. The van der Waals surface area contributed by atoms with Crippen LogP contribution in [-0.2, 0) is 18.4 Å². The molecule has 0 saturated carbocycles. The van der Waals surface area contributed by atoms with E-state index in [2.05, 4.69) is 4.98 Å². The van der Waals surface area contributed by atoms with Crippen LogP contribution in [0, 0.1) is 0 Å². The van der Waals surface area contributed by atoms with Gasteiger partial charge in [-0.15, -0.1) is 11.3 Å². The predicted molar refractivity (Wildman–Crippen MR) is 91.9 cm³/mol. The van der Waals surface area contributed by atoms with Gasteiger partial charge in [0.1, 0.15) is 6.54 Å². The molecule has 0 aliphatic heterocycles. The lowest BCUT2D eigenvalue weighted by atomic mass is 10.1. The highest BCUT2D eigenvalue weighted by atomic mass is 32.1. The molecular weight excluding hydrogens is 350 g/mol. The van der Waals surface area contributed by atoms with E-state index in [0.29, 0.717) is 22.3 Å². The van der Waals surface area contributed by atoms with E-state index in [1.165, 1.54) is 26.3 Å². The lowest BCUT2D eigenvalue weighted by Gasteiger charge is -2.10. The number of alkyl halides is 2. The van der Waals surface area contributed by atoms with Crippen molar-refractivity contribution in [1.82, 2.24) is 19.0 Å². The molecule has 0 N–H and O–H groups in total. The Morgan fingerprint density at radius 1 is 1.32 bits per heavy atom. The number of amides is 1. The number of likely N-dealkylation sites (N-methyl/N-ethyl adjacent to an activating group) is 1. The van der Waals surface area contributed by atoms with E-state index in [4.69, 9.17) is 0 Å². The summed E-state index contributed by atoms with van der Waals surface area (Å²) in [7, 11) is 4.80. The number of rotatable bonds is 4. The Hall–Kier alpha value is -2.55. The summed E-state index contributed by atoms with van der Waals surface area (Å²) in [5, 5.41) is 1.63. The lowest BCUT2D eigenvalue weighted by Crippen LogP contribution is -2.31.